The zero-order chi connectivity index (χ0) is 15.0. The third kappa shape index (κ3) is 2.84. The maximum Gasteiger partial charge on any atom is 0.243 e. The number of benzene rings is 1. The van der Waals surface area contributed by atoms with Gasteiger partial charge in [-0.1, -0.05) is 6.07 Å². The zero-order valence-corrected chi connectivity index (χ0v) is 14.0. The number of hydrogen-bond donors (Lipinski definition) is 1. The monoisotopic (exact) mass is 341 g/mol. The fraction of sp³-hybridized carbons (Fsp3) is 0.400. The molecular weight excluding hydrogens is 322 g/mol. The summed E-state index contributed by atoms with van der Waals surface area (Å²) < 4.78 is 27.5. The van der Waals surface area contributed by atoms with Crippen LogP contribution in [0.25, 0.3) is 10.9 Å². The number of aromatic nitrogens is 1. The lowest BCUT2D eigenvalue weighted by Gasteiger charge is -2.21. The summed E-state index contributed by atoms with van der Waals surface area (Å²) in [6.07, 6.45) is 2.49. The first-order valence-corrected chi connectivity index (χ1v) is 8.53. The van der Waals surface area contributed by atoms with E-state index in [-0.39, 0.29) is 24.4 Å². The molecule has 2 unspecified atom stereocenters. The van der Waals surface area contributed by atoms with Gasteiger partial charge in [-0.2, -0.15) is 4.31 Å². The van der Waals surface area contributed by atoms with Gasteiger partial charge in [0.15, 0.2) is 0 Å². The quantitative estimate of drug-likeness (QED) is 0.926. The summed E-state index contributed by atoms with van der Waals surface area (Å²) in [5.41, 5.74) is 6.39. The van der Waals surface area contributed by atoms with Gasteiger partial charge in [-0.15, -0.1) is 12.4 Å². The minimum atomic E-state index is -3.52. The van der Waals surface area contributed by atoms with E-state index in [0.717, 1.165) is 6.42 Å². The first-order valence-electron chi connectivity index (χ1n) is 7.09. The summed E-state index contributed by atoms with van der Waals surface area (Å²) in [7, 11) is -3.52. The average Bonchev–Trinajstić information content (AvgIpc) is 2.88. The molecule has 0 spiro atoms. The number of sulfonamides is 1. The van der Waals surface area contributed by atoms with Crippen molar-refractivity contribution in [1.82, 2.24) is 9.29 Å². The number of nitrogens with two attached hydrogens (primary N) is 1. The van der Waals surface area contributed by atoms with Crippen molar-refractivity contribution in [2.45, 2.75) is 24.3 Å². The second-order valence-electron chi connectivity index (χ2n) is 5.59. The molecule has 0 radical (unpaired) electrons. The summed E-state index contributed by atoms with van der Waals surface area (Å²) in [6.45, 7) is 2.96. The van der Waals surface area contributed by atoms with Crippen LogP contribution in [0.3, 0.4) is 0 Å². The molecule has 5 nitrogen and oxygen atoms in total. The summed E-state index contributed by atoms with van der Waals surface area (Å²) in [6, 6.07) is 8.76. The Morgan fingerprint density at radius 2 is 2.09 bits per heavy atom. The van der Waals surface area contributed by atoms with E-state index in [0.29, 0.717) is 28.9 Å². The van der Waals surface area contributed by atoms with Gasteiger partial charge in [0, 0.05) is 24.2 Å². The SMILES string of the molecule is CC1CC(CN)CN1S(=O)(=O)c1cccc2ncccc12.Cl. The Labute approximate surface area is 137 Å². The molecule has 1 saturated heterocycles. The van der Waals surface area contributed by atoms with Gasteiger partial charge in [0.1, 0.15) is 0 Å². The van der Waals surface area contributed by atoms with Gasteiger partial charge in [0.05, 0.1) is 10.4 Å². The fourth-order valence-corrected chi connectivity index (χ4v) is 4.96. The molecule has 22 heavy (non-hydrogen) atoms. The van der Waals surface area contributed by atoms with Crippen LogP contribution in [0.4, 0.5) is 0 Å². The molecule has 1 aromatic heterocycles. The Morgan fingerprint density at radius 1 is 1.32 bits per heavy atom. The first kappa shape index (κ1) is 17.1. The van der Waals surface area contributed by atoms with Crippen LogP contribution in [0.1, 0.15) is 13.3 Å². The largest absolute Gasteiger partial charge is 0.330 e. The predicted molar refractivity (Wildman–Crippen MR) is 89.5 cm³/mol. The molecule has 120 valence electrons. The van der Waals surface area contributed by atoms with E-state index in [1.54, 1.807) is 34.8 Å². The minimum absolute atomic E-state index is 0. The zero-order valence-electron chi connectivity index (χ0n) is 12.3. The average molecular weight is 342 g/mol. The molecule has 2 heterocycles. The van der Waals surface area contributed by atoms with Crippen LogP contribution < -0.4 is 5.73 Å². The number of pyridine rings is 1. The highest BCUT2D eigenvalue weighted by atomic mass is 35.5. The molecular formula is C15H20ClN3O2S. The van der Waals surface area contributed by atoms with Crippen LogP contribution in [-0.2, 0) is 10.0 Å². The Bertz CT molecular complexity index is 761. The molecule has 7 heteroatoms. The highest BCUT2D eigenvalue weighted by Crippen LogP contribution is 2.31. The predicted octanol–water partition coefficient (Wildman–Crippen LogP) is 2.01. The van der Waals surface area contributed by atoms with E-state index in [1.807, 2.05) is 13.0 Å². The molecule has 1 aliphatic rings. The van der Waals surface area contributed by atoms with Crippen molar-refractivity contribution in [3.63, 3.8) is 0 Å². The lowest BCUT2D eigenvalue weighted by atomic mass is 10.1. The summed E-state index contributed by atoms with van der Waals surface area (Å²) in [4.78, 5) is 4.56. The van der Waals surface area contributed by atoms with Gasteiger partial charge in [-0.25, -0.2) is 8.42 Å². The van der Waals surface area contributed by atoms with Gasteiger partial charge in [-0.3, -0.25) is 4.98 Å². The normalized spacial score (nSPS) is 22.6. The van der Waals surface area contributed by atoms with Gasteiger partial charge < -0.3 is 5.73 Å². The van der Waals surface area contributed by atoms with Crippen molar-refractivity contribution in [3.05, 3.63) is 36.5 Å². The minimum Gasteiger partial charge on any atom is -0.330 e. The van der Waals surface area contributed by atoms with Gasteiger partial charge in [0.2, 0.25) is 10.0 Å². The standard InChI is InChI=1S/C15H19N3O2S.ClH/c1-11-8-12(9-16)10-18(11)21(19,20)15-6-2-5-14-13(15)4-3-7-17-14;/h2-7,11-12H,8-10,16H2,1H3;1H. The number of nitrogens with zero attached hydrogens (tertiary/aromatic N) is 2. The Morgan fingerprint density at radius 3 is 2.77 bits per heavy atom. The number of hydrogen-bond acceptors (Lipinski definition) is 4. The summed E-state index contributed by atoms with van der Waals surface area (Å²) in [5.74, 6) is 0.239. The van der Waals surface area contributed by atoms with E-state index < -0.39 is 10.0 Å². The van der Waals surface area contributed by atoms with Crippen molar-refractivity contribution >= 4 is 33.3 Å². The molecule has 0 aliphatic carbocycles. The third-order valence-corrected chi connectivity index (χ3v) is 6.17. The first-order chi connectivity index (χ1) is 10.0. The van der Waals surface area contributed by atoms with Gasteiger partial charge in [0.25, 0.3) is 0 Å². The molecule has 0 bridgehead atoms. The van der Waals surface area contributed by atoms with Gasteiger partial charge in [-0.05, 0) is 50.1 Å². The molecule has 0 saturated carbocycles. The second-order valence-corrected chi connectivity index (χ2v) is 7.45. The summed E-state index contributed by atoms with van der Waals surface area (Å²) >= 11 is 0. The fourth-order valence-electron chi connectivity index (χ4n) is 3.04. The van der Waals surface area contributed by atoms with E-state index in [2.05, 4.69) is 4.98 Å². The third-order valence-electron chi connectivity index (χ3n) is 4.13. The summed E-state index contributed by atoms with van der Waals surface area (Å²) in [5, 5.41) is 0.670. The van der Waals surface area contributed by atoms with E-state index >= 15 is 0 Å². The Kier molecular flexibility index (Phi) is 5.07. The van der Waals surface area contributed by atoms with Crippen molar-refractivity contribution < 1.29 is 8.42 Å². The van der Waals surface area contributed by atoms with Crippen LogP contribution in [0.5, 0.6) is 0 Å². The molecule has 2 N–H and O–H groups in total. The van der Waals surface area contributed by atoms with Crippen LogP contribution in [0.2, 0.25) is 0 Å². The van der Waals surface area contributed by atoms with Crippen LogP contribution >= 0.6 is 12.4 Å². The van der Waals surface area contributed by atoms with Crippen molar-refractivity contribution in [2.75, 3.05) is 13.1 Å². The molecule has 1 aromatic carbocycles. The van der Waals surface area contributed by atoms with Gasteiger partial charge >= 0.3 is 0 Å². The molecule has 1 fully saturated rings. The Balaban J connectivity index is 0.00000176. The van der Waals surface area contributed by atoms with E-state index in [9.17, 15) is 8.42 Å². The highest BCUT2D eigenvalue weighted by Gasteiger charge is 2.37. The maximum atomic E-state index is 13.0. The molecule has 0 amide bonds. The van der Waals surface area contributed by atoms with Crippen LogP contribution in [0, 0.1) is 5.92 Å². The molecule has 1 aliphatic heterocycles. The highest BCUT2D eigenvalue weighted by molar-refractivity contribution is 7.89. The Hall–Kier alpha value is -1.21. The lowest BCUT2D eigenvalue weighted by molar-refractivity contribution is 0.405. The van der Waals surface area contributed by atoms with Crippen molar-refractivity contribution in [3.8, 4) is 0 Å². The number of fused-ring (bicyclic) bond motifs is 1. The van der Waals surface area contributed by atoms with Crippen LogP contribution in [-0.4, -0.2) is 36.8 Å². The molecule has 2 aromatic rings. The van der Waals surface area contributed by atoms with E-state index in [1.165, 1.54) is 0 Å². The van der Waals surface area contributed by atoms with E-state index in [4.69, 9.17) is 5.73 Å². The smallest absolute Gasteiger partial charge is 0.243 e. The van der Waals surface area contributed by atoms with Crippen LogP contribution in [0.15, 0.2) is 41.4 Å². The van der Waals surface area contributed by atoms with Crippen molar-refractivity contribution in [2.24, 2.45) is 11.7 Å². The number of halogens is 1. The molecule has 2 atom stereocenters. The lowest BCUT2D eigenvalue weighted by Crippen LogP contribution is -2.34. The molecule has 3 rings (SSSR count). The maximum absolute atomic E-state index is 13.0. The second kappa shape index (κ2) is 6.50. The van der Waals surface area contributed by atoms with Crippen molar-refractivity contribution in [1.29, 1.82) is 0 Å². The topological polar surface area (TPSA) is 76.3 Å². The number of rotatable bonds is 3.